The van der Waals surface area contributed by atoms with E-state index in [1.165, 1.54) is 0 Å². The number of methoxy groups -OCH3 is 2. The number of anilines is 2. The number of hydrogen-bond acceptors (Lipinski definition) is 5. The lowest BCUT2D eigenvalue weighted by Crippen LogP contribution is -2.33. The molecule has 1 N–H and O–H groups in total. The summed E-state index contributed by atoms with van der Waals surface area (Å²) in [6.07, 6.45) is 1.23. The Morgan fingerprint density at radius 3 is 2.55 bits per heavy atom. The van der Waals surface area contributed by atoms with E-state index in [0.717, 1.165) is 11.1 Å². The molecule has 29 heavy (non-hydrogen) atoms. The van der Waals surface area contributed by atoms with Crippen molar-refractivity contribution in [3.8, 4) is 11.5 Å². The highest BCUT2D eigenvalue weighted by molar-refractivity contribution is 6.32. The number of carbonyl (C=O) groups is 1. The zero-order chi connectivity index (χ0) is 20.5. The van der Waals surface area contributed by atoms with Crippen molar-refractivity contribution in [3.05, 3.63) is 76.4 Å². The van der Waals surface area contributed by atoms with Crippen LogP contribution in [0.1, 0.15) is 27.7 Å². The van der Waals surface area contributed by atoms with Crippen LogP contribution in [-0.4, -0.2) is 25.1 Å². The summed E-state index contributed by atoms with van der Waals surface area (Å²) < 4.78 is 10.8. The van der Waals surface area contributed by atoms with Crippen molar-refractivity contribution in [1.29, 1.82) is 0 Å². The number of benzene rings is 2. The van der Waals surface area contributed by atoms with Crippen molar-refractivity contribution in [2.24, 2.45) is 0 Å². The second kappa shape index (κ2) is 7.64. The van der Waals surface area contributed by atoms with Gasteiger partial charge in [0.1, 0.15) is 23.5 Å². The lowest BCUT2D eigenvalue weighted by molar-refractivity contribution is 0.0992. The Balaban J connectivity index is 1.81. The van der Waals surface area contributed by atoms with Gasteiger partial charge in [-0.05, 0) is 36.8 Å². The van der Waals surface area contributed by atoms with Crippen molar-refractivity contribution in [2.75, 3.05) is 24.4 Å². The second-order valence-corrected chi connectivity index (χ2v) is 7.09. The van der Waals surface area contributed by atoms with Crippen molar-refractivity contribution in [3.63, 3.8) is 0 Å². The van der Waals surface area contributed by atoms with Crippen LogP contribution < -0.4 is 19.7 Å². The maximum atomic E-state index is 13.2. The van der Waals surface area contributed by atoms with Gasteiger partial charge in [0.25, 0.3) is 5.91 Å². The fraction of sp³-hybridized carbons (Fsp3) is 0.182. The van der Waals surface area contributed by atoms with Crippen molar-refractivity contribution >= 4 is 29.0 Å². The molecule has 0 fully saturated rings. The molecule has 2 aromatic carbocycles. The topological polar surface area (TPSA) is 63.7 Å². The first-order chi connectivity index (χ1) is 14.0. The first-order valence-corrected chi connectivity index (χ1v) is 9.44. The Hall–Kier alpha value is -3.25. The van der Waals surface area contributed by atoms with Crippen LogP contribution in [0.25, 0.3) is 0 Å². The zero-order valence-corrected chi connectivity index (χ0v) is 17.0. The smallest absolute Gasteiger partial charge is 0.261 e. The van der Waals surface area contributed by atoms with Crippen LogP contribution in [0, 0.1) is 6.92 Å². The molecular formula is C22H20ClN3O3. The van der Waals surface area contributed by atoms with E-state index in [4.69, 9.17) is 21.1 Å². The third-order valence-electron chi connectivity index (χ3n) is 4.88. The van der Waals surface area contributed by atoms with Crippen LogP contribution in [0.3, 0.4) is 0 Å². The molecule has 1 aliphatic heterocycles. The summed E-state index contributed by atoms with van der Waals surface area (Å²) in [4.78, 5) is 19.3. The molecule has 0 unspecified atom stereocenters. The summed E-state index contributed by atoms with van der Waals surface area (Å²) in [6.45, 7) is 1.97. The van der Waals surface area contributed by atoms with E-state index in [2.05, 4.69) is 10.3 Å². The highest BCUT2D eigenvalue weighted by Gasteiger charge is 2.38. The van der Waals surface area contributed by atoms with Crippen LogP contribution in [-0.2, 0) is 0 Å². The third kappa shape index (κ3) is 3.36. The van der Waals surface area contributed by atoms with Gasteiger partial charge >= 0.3 is 0 Å². The van der Waals surface area contributed by atoms with E-state index in [1.807, 2.05) is 43.3 Å². The van der Waals surface area contributed by atoms with Gasteiger partial charge in [0.05, 0.1) is 24.9 Å². The molecule has 148 valence electrons. The van der Waals surface area contributed by atoms with Gasteiger partial charge in [-0.3, -0.25) is 9.69 Å². The quantitative estimate of drug-likeness (QED) is 0.653. The Kier molecular flexibility index (Phi) is 5.03. The molecule has 1 atom stereocenters. The number of carbonyl (C=O) groups excluding carboxylic acids is 1. The number of halogens is 1. The second-order valence-electron chi connectivity index (χ2n) is 6.69. The predicted molar refractivity (Wildman–Crippen MR) is 113 cm³/mol. The van der Waals surface area contributed by atoms with Crippen LogP contribution >= 0.6 is 11.6 Å². The number of amides is 1. The monoisotopic (exact) mass is 409 g/mol. The van der Waals surface area contributed by atoms with E-state index in [-0.39, 0.29) is 5.91 Å². The highest BCUT2D eigenvalue weighted by atomic mass is 35.5. The average molecular weight is 410 g/mol. The number of rotatable bonds is 5. The Bertz CT molecular complexity index is 1090. The minimum absolute atomic E-state index is 0.116. The summed E-state index contributed by atoms with van der Waals surface area (Å²) >= 11 is 6.33. The van der Waals surface area contributed by atoms with Gasteiger partial charge in [-0.1, -0.05) is 29.8 Å². The minimum Gasteiger partial charge on any atom is -0.495 e. The third-order valence-corrected chi connectivity index (χ3v) is 5.17. The number of pyridine rings is 1. The van der Waals surface area contributed by atoms with Crippen molar-refractivity contribution in [2.45, 2.75) is 13.1 Å². The van der Waals surface area contributed by atoms with Gasteiger partial charge in [-0.15, -0.1) is 0 Å². The maximum Gasteiger partial charge on any atom is 0.261 e. The predicted octanol–water partition coefficient (Wildman–Crippen LogP) is 4.83. The zero-order valence-electron chi connectivity index (χ0n) is 16.3. The van der Waals surface area contributed by atoms with Crippen LogP contribution in [0.5, 0.6) is 11.5 Å². The maximum absolute atomic E-state index is 13.2. The van der Waals surface area contributed by atoms with Gasteiger partial charge in [0, 0.05) is 23.4 Å². The largest absolute Gasteiger partial charge is 0.495 e. The lowest BCUT2D eigenvalue weighted by atomic mass is 10.1. The fourth-order valence-corrected chi connectivity index (χ4v) is 3.71. The highest BCUT2D eigenvalue weighted by Crippen LogP contribution is 2.42. The Morgan fingerprint density at radius 2 is 1.83 bits per heavy atom. The minimum atomic E-state index is -0.466. The summed E-state index contributed by atoms with van der Waals surface area (Å²) in [7, 11) is 3.12. The number of nitrogens with one attached hydrogen (secondary N) is 1. The molecule has 0 saturated carbocycles. The molecule has 0 spiro atoms. The molecule has 3 aromatic rings. The summed E-state index contributed by atoms with van der Waals surface area (Å²) in [6, 6.07) is 14.7. The molecule has 0 aliphatic carbocycles. The van der Waals surface area contributed by atoms with E-state index in [1.54, 1.807) is 37.4 Å². The molecule has 6 nitrogen and oxygen atoms in total. The molecule has 1 aliphatic rings. The molecule has 0 bridgehead atoms. The molecule has 2 heterocycles. The number of aromatic nitrogens is 1. The van der Waals surface area contributed by atoms with Gasteiger partial charge in [0.15, 0.2) is 0 Å². The number of nitrogens with zero attached hydrogens (tertiary/aromatic N) is 2. The molecular weight excluding hydrogens is 390 g/mol. The van der Waals surface area contributed by atoms with Gasteiger partial charge in [0.2, 0.25) is 0 Å². The normalized spacial score (nSPS) is 15.2. The van der Waals surface area contributed by atoms with Crippen LogP contribution in [0.2, 0.25) is 5.02 Å². The van der Waals surface area contributed by atoms with E-state index < -0.39 is 6.17 Å². The molecule has 1 amide bonds. The Labute approximate surface area is 174 Å². The van der Waals surface area contributed by atoms with E-state index in [0.29, 0.717) is 33.6 Å². The standard InChI is InChI=1S/C22H20ClN3O3/c1-13-8-9-24-20(10-13)26-21(14-6-4-5-7-15(14)22(26)27)25-17-11-16(23)18(28-2)12-19(17)29-3/h4-12,21,25H,1-3H3/t21-/m1/s1. The van der Waals surface area contributed by atoms with Gasteiger partial charge in [-0.2, -0.15) is 0 Å². The fourth-order valence-electron chi connectivity index (χ4n) is 3.47. The number of ether oxygens (including phenoxy) is 2. The van der Waals surface area contributed by atoms with E-state index in [9.17, 15) is 4.79 Å². The SMILES string of the molecule is COc1cc(OC)c(N[C@H]2c3ccccc3C(=O)N2c2cc(C)ccn2)cc1Cl. The summed E-state index contributed by atoms with van der Waals surface area (Å²) in [5.74, 6) is 1.52. The van der Waals surface area contributed by atoms with Gasteiger partial charge in [-0.25, -0.2) is 4.98 Å². The summed E-state index contributed by atoms with van der Waals surface area (Å²) in [5, 5.41) is 3.85. The Morgan fingerprint density at radius 1 is 1.07 bits per heavy atom. The van der Waals surface area contributed by atoms with Crippen molar-refractivity contribution in [1.82, 2.24) is 4.98 Å². The number of aryl methyl sites for hydroxylation is 1. The molecule has 1 aromatic heterocycles. The number of fused-ring (bicyclic) bond motifs is 1. The first-order valence-electron chi connectivity index (χ1n) is 9.06. The van der Waals surface area contributed by atoms with Crippen LogP contribution in [0.4, 0.5) is 11.5 Å². The van der Waals surface area contributed by atoms with E-state index >= 15 is 0 Å². The summed E-state index contributed by atoms with van der Waals surface area (Å²) in [5.41, 5.74) is 3.15. The first kappa shape index (κ1) is 19.1. The lowest BCUT2D eigenvalue weighted by Gasteiger charge is -2.27. The number of hydrogen-bond donors (Lipinski definition) is 1. The van der Waals surface area contributed by atoms with Crippen LogP contribution in [0.15, 0.2) is 54.7 Å². The van der Waals surface area contributed by atoms with Gasteiger partial charge < -0.3 is 14.8 Å². The molecule has 7 heteroatoms. The molecule has 0 radical (unpaired) electrons. The average Bonchev–Trinajstić information content (AvgIpc) is 3.00. The molecule has 0 saturated heterocycles. The van der Waals surface area contributed by atoms with Crippen molar-refractivity contribution < 1.29 is 14.3 Å². The molecule has 4 rings (SSSR count).